The van der Waals surface area contributed by atoms with Crippen molar-refractivity contribution < 1.29 is 19.4 Å². The van der Waals surface area contributed by atoms with Crippen molar-refractivity contribution in [2.45, 2.75) is 33.1 Å². The minimum atomic E-state index is -0.0885. The number of aromatic nitrogens is 1. The Balaban J connectivity index is 1.71. The fourth-order valence-electron chi connectivity index (χ4n) is 3.70. The first-order valence-corrected chi connectivity index (χ1v) is 10.0. The van der Waals surface area contributed by atoms with E-state index in [1.165, 1.54) is 7.11 Å². The monoisotopic (exact) mass is 396 g/mol. The lowest BCUT2D eigenvalue weighted by molar-refractivity contribution is -0.124. The lowest BCUT2D eigenvalue weighted by Gasteiger charge is -2.32. The fraction of sp³-hybridized carbons (Fsp3) is 0.435. The summed E-state index contributed by atoms with van der Waals surface area (Å²) in [5, 5.41) is 9.73. The maximum absolute atomic E-state index is 12.9. The number of carbonyl (C=O) groups excluding carboxylic acids is 2. The number of hydrogen-bond donors (Lipinski definition) is 1. The summed E-state index contributed by atoms with van der Waals surface area (Å²) in [4.78, 5) is 31.5. The lowest BCUT2D eigenvalue weighted by atomic mass is 9.89. The van der Waals surface area contributed by atoms with Crippen LogP contribution in [0.4, 0.5) is 0 Å². The van der Waals surface area contributed by atoms with Crippen LogP contribution in [0.3, 0.4) is 0 Å². The first kappa shape index (κ1) is 20.8. The minimum absolute atomic E-state index is 0.0632. The van der Waals surface area contributed by atoms with Gasteiger partial charge in [0.2, 0.25) is 0 Å². The molecular formula is C23H28N2O4. The molecule has 1 aliphatic rings. The van der Waals surface area contributed by atoms with Crippen LogP contribution in [0.2, 0.25) is 0 Å². The van der Waals surface area contributed by atoms with Gasteiger partial charge in [-0.3, -0.25) is 14.6 Å². The van der Waals surface area contributed by atoms with E-state index in [-0.39, 0.29) is 23.4 Å². The summed E-state index contributed by atoms with van der Waals surface area (Å²) in [6.07, 6.45) is 3.84. The molecule has 1 atom stereocenters. The van der Waals surface area contributed by atoms with Crippen molar-refractivity contribution >= 4 is 11.7 Å². The molecule has 6 heteroatoms. The molecule has 1 aromatic carbocycles. The summed E-state index contributed by atoms with van der Waals surface area (Å²) in [7, 11) is 1.49. The summed E-state index contributed by atoms with van der Waals surface area (Å²) in [5.74, 6) is 0.877. The number of methoxy groups -OCH3 is 1. The van der Waals surface area contributed by atoms with Crippen LogP contribution in [0.25, 0.3) is 11.3 Å². The number of phenols is 1. The zero-order valence-electron chi connectivity index (χ0n) is 17.2. The molecule has 0 saturated carbocycles. The van der Waals surface area contributed by atoms with Crippen molar-refractivity contribution in [1.29, 1.82) is 0 Å². The number of amides is 1. The van der Waals surface area contributed by atoms with E-state index in [0.717, 1.165) is 18.4 Å². The molecule has 0 spiro atoms. The number of ether oxygens (including phenoxy) is 1. The number of nitrogens with zero attached hydrogens (tertiary/aromatic N) is 2. The van der Waals surface area contributed by atoms with Gasteiger partial charge in [0.05, 0.1) is 18.4 Å². The van der Waals surface area contributed by atoms with Crippen LogP contribution in [0, 0.1) is 11.8 Å². The van der Waals surface area contributed by atoms with Gasteiger partial charge in [0, 0.05) is 37.2 Å². The number of aromatic hydroxyl groups is 1. The van der Waals surface area contributed by atoms with Crippen molar-refractivity contribution in [2.75, 3.05) is 20.2 Å². The Morgan fingerprint density at radius 2 is 2.07 bits per heavy atom. The molecule has 29 heavy (non-hydrogen) atoms. The molecule has 154 valence electrons. The first-order chi connectivity index (χ1) is 13.9. The molecule has 1 amide bonds. The molecule has 0 aliphatic carbocycles. The van der Waals surface area contributed by atoms with Crippen LogP contribution in [0.5, 0.6) is 11.5 Å². The van der Waals surface area contributed by atoms with Gasteiger partial charge in [0.15, 0.2) is 11.5 Å². The third-order valence-electron chi connectivity index (χ3n) is 5.26. The summed E-state index contributed by atoms with van der Waals surface area (Å²) in [5.41, 5.74) is 1.98. The highest BCUT2D eigenvalue weighted by Gasteiger charge is 2.29. The smallest absolute Gasteiger partial charge is 0.255 e. The highest BCUT2D eigenvalue weighted by molar-refractivity contribution is 5.94. The van der Waals surface area contributed by atoms with E-state index in [1.807, 2.05) is 13.8 Å². The average molecular weight is 396 g/mol. The number of carbonyl (C=O) groups is 2. The summed E-state index contributed by atoms with van der Waals surface area (Å²) < 4.78 is 5.14. The first-order valence-electron chi connectivity index (χ1n) is 10.0. The van der Waals surface area contributed by atoms with E-state index in [0.29, 0.717) is 42.4 Å². The predicted octanol–water partition coefficient (Wildman–Crippen LogP) is 3.93. The van der Waals surface area contributed by atoms with Crippen LogP contribution in [0.1, 0.15) is 43.5 Å². The number of benzene rings is 1. The maximum atomic E-state index is 12.9. The molecule has 1 N–H and O–H groups in total. The van der Waals surface area contributed by atoms with Gasteiger partial charge >= 0.3 is 0 Å². The lowest BCUT2D eigenvalue weighted by Crippen LogP contribution is -2.42. The zero-order chi connectivity index (χ0) is 21.0. The number of piperidine rings is 1. The topological polar surface area (TPSA) is 79.7 Å². The third kappa shape index (κ3) is 4.94. The van der Waals surface area contributed by atoms with Gasteiger partial charge in [-0.1, -0.05) is 13.8 Å². The second-order valence-corrected chi connectivity index (χ2v) is 7.97. The Morgan fingerprint density at radius 3 is 2.72 bits per heavy atom. The van der Waals surface area contributed by atoms with Gasteiger partial charge in [-0.05, 0) is 49.1 Å². The summed E-state index contributed by atoms with van der Waals surface area (Å²) in [6.45, 7) is 5.24. The Labute approximate surface area is 171 Å². The standard InChI is InChI=1S/C23H28N2O4/c1-15(2)11-21(27)18-5-4-10-25(14-18)23(28)17-6-8-19(24-13-17)16-7-9-20(26)22(12-16)29-3/h6-9,12-13,15,18,26H,4-5,10-11,14H2,1-3H3/t18-/m1/s1. The van der Waals surface area contributed by atoms with Crippen molar-refractivity contribution in [3.8, 4) is 22.8 Å². The Kier molecular flexibility index (Phi) is 6.52. The molecule has 2 aromatic rings. The number of hydrogen-bond acceptors (Lipinski definition) is 5. The van der Waals surface area contributed by atoms with Crippen LogP contribution < -0.4 is 4.74 Å². The minimum Gasteiger partial charge on any atom is -0.504 e. The van der Waals surface area contributed by atoms with Crippen LogP contribution >= 0.6 is 0 Å². The van der Waals surface area contributed by atoms with Crippen molar-refractivity contribution in [3.05, 3.63) is 42.1 Å². The second kappa shape index (κ2) is 9.07. The van der Waals surface area contributed by atoms with Crippen LogP contribution in [-0.2, 0) is 4.79 Å². The van der Waals surface area contributed by atoms with E-state index in [2.05, 4.69) is 4.98 Å². The largest absolute Gasteiger partial charge is 0.504 e. The molecule has 0 unspecified atom stereocenters. The molecule has 1 fully saturated rings. The summed E-state index contributed by atoms with van der Waals surface area (Å²) >= 11 is 0. The van der Waals surface area contributed by atoms with Gasteiger partial charge in [-0.2, -0.15) is 0 Å². The Morgan fingerprint density at radius 1 is 1.28 bits per heavy atom. The maximum Gasteiger partial charge on any atom is 0.255 e. The highest BCUT2D eigenvalue weighted by Crippen LogP contribution is 2.30. The molecule has 2 heterocycles. The SMILES string of the molecule is COc1cc(-c2ccc(C(=O)N3CCC[C@@H](C(=O)CC(C)C)C3)cn2)ccc1O. The Bertz CT molecular complexity index is 877. The average Bonchev–Trinajstić information content (AvgIpc) is 2.73. The number of rotatable bonds is 6. The van der Waals surface area contributed by atoms with Crippen molar-refractivity contribution in [3.63, 3.8) is 0 Å². The molecule has 3 rings (SSSR count). The molecular weight excluding hydrogens is 368 g/mol. The molecule has 1 saturated heterocycles. The summed E-state index contributed by atoms with van der Waals surface area (Å²) in [6, 6.07) is 8.54. The van der Waals surface area contributed by atoms with Gasteiger partial charge in [0.25, 0.3) is 5.91 Å². The quantitative estimate of drug-likeness (QED) is 0.800. The normalized spacial score (nSPS) is 16.7. The Hall–Kier alpha value is -2.89. The van der Waals surface area contributed by atoms with Crippen molar-refractivity contribution in [1.82, 2.24) is 9.88 Å². The van der Waals surface area contributed by atoms with E-state index >= 15 is 0 Å². The second-order valence-electron chi connectivity index (χ2n) is 7.97. The highest BCUT2D eigenvalue weighted by atomic mass is 16.5. The van der Waals surface area contributed by atoms with E-state index in [1.54, 1.807) is 41.4 Å². The molecule has 0 radical (unpaired) electrons. The van der Waals surface area contributed by atoms with Crippen molar-refractivity contribution in [2.24, 2.45) is 11.8 Å². The zero-order valence-corrected chi connectivity index (χ0v) is 17.2. The number of ketones is 1. The van der Waals surface area contributed by atoms with E-state index < -0.39 is 0 Å². The number of likely N-dealkylation sites (tertiary alicyclic amines) is 1. The van der Waals surface area contributed by atoms with Crippen LogP contribution in [-0.4, -0.2) is 46.9 Å². The van der Waals surface area contributed by atoms with Gasteiger partial charge in [0.1, 0.15) is 5.78 Å². The van der Waals surface area contributed by atoms with E-state index in [4.69, 9.17) is 4.74 Å². The molecule has 1 aliphatic heterocycles. The fourth-order valence-corrected chi connectivity index (χ4v) is 3.70. The van der Waals surface area contributed by atoms with E-state index in [9.17, 15) is 14.7 Å². The van der Waals surface area contributed by atoms with Gasteiger partial charge in [-0.15, -0.1) is 0 Å². The number of phenolic OH excluding ortho intramolecular Hbond substituents is 1. The molecule has 1 aromatic heterocycles. The molecule has 6 nitrogen and oxygen atoms in total. The number of pyridine rings is 1. The number of Topliss-reactive ketones (excluding diaryl/α,β-unsaturated/α-hetero) is 1. The third-order valence-corrected chi connectivity index (χ3v) is 5.26. The predicted molar refractivity (Wildman–Crippen MR) is 111 cm³/mol. The van der Waals surface area contributed by atoms with Gasteiger partial charge in [-0.25, -0.2) is 0 Å². The van der Waals surface area contributed by atoms with Gasteiger partial charge < -0.3 is 14.7 Å². The van der Waals surface area contributed by atoms with Crippen LogP contribution in [0.15, 0.2) is 36.5 Å². The molecule has 0 bridgehead atoms.